The number of guanidine groups is 1. The number of phenolic OH excluding ortho intramolecular Hbond substituents is 2. The van der Waals surface area contributed by atoms with Crippen molar-refractivity contribution in [1.82, 2.24) is 10.6 Å². The van der Waals surface area contributed by atoms with E-state index in [1.54, 1.807) is 13.2 Å². The van der Waals surface area contributed by atoms with Crippen LogP contribution in [-0.4, -0.2) is 102 Å². The molecule has 6 aliphatic heterocycles. The Kier molecular flexibility index (Phi) is 16.7. The number of benzene rings is 3. The Balaban J connectivity index is 0.999. The molecule has 0 amide bonds. The molecule has 3 aromatic carbocycles. The molecule has 5 aliphatic carbocycles. The van der Waals surface area contributed by atoms with Crippen LogP contribution in [0.5, 0.6) is 28.7 Å². The summed E-state index contributed by atoms with van der Waals surface area (Å²) in [4.78, 5) is 5.27. The summed E-state index contributed by atoms with van der Waals surface area (Å²) >= 11 is 0. The zero-order chi connectivity index (χ0) is 55.2. The predicted molar refractivity (Wildman–Crippen MR) is 310 cm³/mol. The summed E-state index contributed by atoms with van der Waals surface area (Å²) in [6.07, 6.45) is 20.4. The molecule has 1 saturated heterocycles. The minimum Gasteiger partial charge on any atom is -0.508 e. The molecule has 14 rings (SSSR count). The first-order valence-corrected chi connectivity index (χ1v) is 30.9. The molecular weight excluding hydrogens is 993 g/mol. The summed E-state index contributed by atoms with van der Waals surface area (Å²) in [7, 11) is 3.78. The first-order chi connectivity index (χ1) is 38.2. The second-order valence-corrected chi connectivity index (χ2v) is 26.6. The van der Waals surface area contributed by atoms with Crippen molar-refractivity contribution in [3.8, 4) is 39.9 Å². The summed E-state index contributed by atoms with van der Waals surface area (Å²) < 4.78 is 27.2. The summed E-state index contributed by atoms with van der Waals surface area (Å²) in [6.45, 7) is 9.52. The van der Waals surface area contributed by atoms with E-state index in [1.807, 2.05) is 24.3 Å². The Morgan fingerprint density at radius 1 is 0.873 bits per heavy atom. The highest BCUT2D eigenvalue weighted by molar-refractivity contribution is 5.84. The zero-order valence-electron chi connectivity index (χ0n) is 48.1. The van der Waals surface area contributed by atoms with E-state index in [4.69, 9.17) is 29.7 Å². The summed E-state index contributed by atoms with van der Waals surface area (Å²) in [5.74, 6) is 4.00. The number of aliphatic imine (C=N–C) groups is 1. The fourth-order valence-corrected chi connectivity index (χ4v) is 17.7. The standard InChI is InChI=1S/C66H94N4O9/c1-6-41-25-43-14-13-42(41)26-48(72)34-65(19-9-18-64(65)21-23-77-66(37-64)20-8-10-40(33-66)35-68-4)38-70-63(67)69-22-17-49-45(36-71)11-7-12-56(49)78-58-30-44(15-16-53(58)73)62-55(75)31-52-57(79-62)32-59(76-5)61-51-28-47(24-39(2)3)54(74)29-46(51)27-50(43)60(52)61/h13-16,28-30,32,39-43,45,48-50,55-56,62,68,71-75H,6-12,17-27,31,33-38H2,1-5H3,(H3,67,69,70)/t40-,41+,42+,43+,45+,48+,49+,50+,55+,56-,62-,64+,65-,66+/m0/s1. The molecule has 3 saturated carbocycles. The minimum atomic E-state index is -0.915. The molecule has 3 spiro atoms. The van der Waals surface area contributed by atoms with Crippen molar-refractivity contribution in [1.29, 1.82) is 0 Å². The first-order valence-electron chi connectivity index (χ1n) is 30.9. The summed E-state index contributed by atoms with van der Waals surface area (Å²) in [6, 6.07) is 11.4. The Morgan fingerprint density at radius 2 is 1.71 bits per heavy atom. The number of aromatic hydroxyl groups is 2. The van der Waals surface area contributed by atoms with E-state index in [-0.39, 0.29) is 64.5 Å². The van der Waals surface area contributed by atoms with Crippen molar-refractivity contribution in [2.45, 2.75) is 185 Å². The van der Waals surface area contributed by atoms with Gasteiger partial charge in [0.1, 0.15) is 29.5 Å². The van der Waals surface area contributed by atoms with Crippen LogP contribution in [0.3, 0.4) is 0 Å². The van der Waals surface area contributed by atoms with E-state index < -0.39 is 18.3 Å². The second kappa shape index (κ2) is 23.4. The molecule has 0 radical (unpaired) electrons. The van der Waals surface area contributed by atoms with E-state index in [9.17, 15) is 25.5 Å². The Bertz CT molecular complexity index is 2710. The fourth-order valence-electron chi connectivity index (χ4n) is 17.7. The number of nitrogens with two attached hydrogens (primary N) is 1. The lowest BCUT2D eigenvalue weighted by Crippen LogP contribution is -2.54. The van der Waals surface area contributed by atoms with Crippen LogP contribution in [0.2, 0.25) is 0 Å². The van der Waals surface area contributed by atoms with Gasteiger partial charge >= 0.3 is 0 Å². The number of aliphatic hydroxyl groups excluding tert-OH is 3. The van der Waals surface area contributed by atoms with E-state index in [1.165, 1.54) is 12.8 Å². The molecule has 79 heavy (non-hydrogen) atoms. The number of nitrogens with one attached hydrogen (secondary N) is 2. The average molecular weight is 1090 g/mol. The quantitative estimate of drug-likeness (QED) is 0.104. The van der Waals surface area contributed by atoms with Gasteiger partial charge in [0.25, 0.3) is 0 Å². The van der Waals surface area contributed by atoms with Crippen LogP contribution in [0, 0.1) is 52.3 Å². The monoisotopic (exact) mass is 1090 g/mol. The number of allylic oxidation sites excluding steroid dienone is 2. The lowest BCUT2D eigenvalue weighted by Gasteiger charge is -2.56. The third kappa shape index (κ3) is 11.0. The fraction of sp³-hybridized carbons (Fsp3) is 0.682. The Labute approximate surface area is 470 Å². The first kappa shape index (κ1) is 56.3. The van der Waals surface area contributed by atoms with Crippen LogP contribution in [0.15, 0.2) is 53.5 Å². The molecule has 3 aromatic rings. The summed E-state index contributed by atoms with van der Waals surface area (Å²) in [5, 5.41) is 66.0. The molecular formula is C66H94N4O9. The lowest BCUT2D eigenvalue weighted by molar-refractivity contribution is -0.179. The maximum absolute atomic E-state index is 12.8. The van der Waals surface area contributed by atoms with Crippen LogP contribution in [-0.2, 0) is 24.0 Å². The van der Waals surface area contributed by atoms with Crippen LogP contribution in [0.25, 0.3) is 11.1 Å². The molecule has 6 heterocycles. The predicted octanol–water partition coefficient (Wildman–Crippen LogP) is 10.6. The number of rotatable bonds is 7. The lowest BCUT2D eigenvalue weighted by atomic mass is 9.54. The average Bonchev–Trinajstić information content (AvgIpc) is 3.92. The van der Waals surface area contributed by atoms with Gasteiger partial charge in [0.15, 0.2) is 17.5 Å². The zero-order valence-corrected chi connectivity index (χ0v) is 48.1. The van der Waals surface area contributed by atoms with Crippen molar-refractivity contribution in [3.63, 3.8) is 0 Å². The van der Waals surface area contributed by atoms with Crippen LogP contribution in [0.1, 0.15) is 170 Å². The molecule has 0 aromatic heterocycles. The molecule has 8 bridgehead atoms. The highest BCUT2D eigenvalue weighted by Crippen LogP contribution is 2.65. The normalized spacial score (nSPS) is 35.6. The SMILES string of the molecule is CC[C@@H]1C[C@H]2C=C[C@@H]1C[C@@H](O)C[C@@]1(CCC[C@]13CCO[C@@]1(CCC[C@H](CNC)C1)C3)CN=C(N)NCC[C@@H]1[C@@H](CO)CCC[C@@H]1Oc1cc(ccc1O)[C@@H]1Oc3cc(OC)c4c(c3C[C@H]1O)[C@@H]2Cc1cc(O)c(CC(C)C)cc1-4. The number of hydrogen-bond donors (Lipinski definition) is 8. The van der Waals surface area contributed by atoms with Crippen LogP contribution in [0.4, 0.5) is 0 Å². The molecule has 4 fully saturated rings. The smallest absolute Gasteiger partial charge is 0.188 e. The van der Waals surface area contributed by atoms with Gasteiger partial charge < -0.3 is 60.8 Å². The van der Waals surface area contributed by atoms with Gasteiger partial charge in [-0.25, -0.2) is 0 Å². The van der Waals surface area contributed by atoms with Gasteiger partial charge in [0.05, 0.1) is 24.9 Å². The number of ether oxygens (including phenoxy) is 4. The number of nitrogens with zero attached hydrogens (tertiary/aromatic N) is 1. The number of phenols is 2. The van der Waals surface area contributed by atoms with Gasteiger partial charge in [-0.05, 0) is 221 Å². The van der Waals surface area contributed by atoms with Crippen molar-refractivity contribution in [2.24, 2.45) is 63.0 Å². The third-order valence-corrected chi connectivity index (χ3v) is 21.4. The number of methoxy groups -OCH3 is 1. The van der Waals surface area contributed by atoms with Crippen molar-refractivity contribution in [3.05, 3.63) is 76.4 Å². The molecule has 9 N–H and O–H groups in total. The Morgan fingerprint density at radius 3 is 2.51 bits per heavy atom. The Hall–Kier alpha value is -4.53. The summed E-state index contributed by atoms with van der Waals surface area (Å²) in [5.41, 5.74) is 13.4. The van der Waals surface area contributed by atoms with E-state index in [0.717, 1.165) is 130 Å². The number of fused-ring (bicyclic) bond motifs is 2. The van der Waals surface area contributed by atoms with Crippen molar-refractivity contribution >= 4 is 5.96 Å². The van der Waals surface area contributed by atoms with E-state index in [2.05, 4.69) is 56.7 Å². The van der Waals surface area contributed by atoms with E-state index >= 15 is 0 Å². The van der Waals surface area contributed by atoms with Crippen molar-refractivity contribution < 1.29 is 44.5 Å². The third-order valence-electron chi connectivity index (χ3n) is 21.4. The van der Waals surface area contributed by atoms with Gasteiger partial charge in [-0.2, -0.15) is 0 Å². The number of hydrogen-bond acceptors (Lipinski definition) is 13. The van der Waals surface area contributed by atoms with Gasteiger partial charge in [-0.3, -0.25) is 4.99 Å². The highest BCUT2D eigenvalue weighted by Gasteiger charge is 2.60. The van der Waals surface area contributed by atoms with Crippen LogP contribution >= 0.6 is 0 Å². The molecule has 14 atom stereocenters. The van der Waals surface area contributed by atoms with Gasteiger partial charge in [0.2, 0.25) is 0 Å². The highest BCUT2D eigenvalue weighted by atomic mass is 16.5. The maximum Gasteiger partial charge on any atom is 0.188 e. The van der Waals surface area contributed by atoms with E-state index in [0.29, 0.717) is 97.5 Å². The van der Waals surface area contributed by atoms with Crippen molar-refractivity contribution in [2.75, 3.05) is 47.0 Å². The largest absolute Gasteiger partial charge is 0.508 e. The van der Waals surface area contributed by atoms with Gasteiger partial charge in [0, 0.05) is 55.8 Å². The minimum absolute atomic E-state index is 0.00415. The molecule has 13 heteroatoms. The molecule has 11 aliphatic rings. The molecule has 13 nitrogen and oxygen atoms in total. The topological polar surface area (TPSA) is 201 Å². The molecule has 0 unspecified atom stereocenters. The van der Waals surface area contributed by atoms with Crippen LogP contribution < -0.4 is 30.6 Å². The molecule has 432 valence electrons. The van der Waals surface area contributed by atoms with Gasteiger partial charge in [-0.15, -0.1) is 0 Å². The second-order valence-electron chi connectivity index (χ2n) is 26.6. The maximum atomic E-state index is 12.8. The van der Waals surface area contributed by atoms with Gasteiger partial charge in [-0.1, -0.05) is 58.3 Å². The number of aliphatic hydroxyl groups is 3.